The molecule has 0 aromatic heterocycles. The third-order valence-electron chi connectivity index (χ3n) is 3.94. The van der Waals surface area contributed by atoms with E-state index in [9.17, 15) is 4.79 Å². The molecule has 158 valence electrons. The molecule has 6 nitrogen and oxygen atoms in total. The fraction of sp³-hybridized carbons (Fsp3) is 0.364. The van der Waals surface area contributed by atoms with Crippen LogP contribution in [0, 0.1) is 0 Å². The van der Waals surface area contributed by atoms with Crippen LogP contribution in [0.25, 0.3) is 0 Å². The monoisotopic (exact) mass is 509 g/mol. The number of hydrogen-bond donors (Lipinski definition) is 4. The molecule has 2 aromatic carbocycles. The van der Waals surface area contributed by atoms with Crippen molar-refractivity contribution in [1.82, 2.24) is 16.0 Å². The summed E-state index contributed by atoms with van der Waals surface area (Å²) in [5.41, 5.74) is 3.14. The van der Waals surface area contributed by atoms with Crippen molar-refractivity contribution in [3.05, 3.63) is 65.7 Å². The highest BCUT2D eigenvalue weighted by Gasteiger charge is 2.03. The topological polar surface area (TPSA) is 77.5 Å². The summed E-state index contributed by atoms with van der Waals surface area (Å²) in [7, 11) is 0. The molecule has 0 aliphatic carbocycles. The van der Waals surface area contributed by atoms with Gasteiger partial charge in [0.2, 0.25) is 0 Å². The summed E-state index contributed by atoms with van der Waals surface area (Å²) >= 11 is 0. The first-order valence-electron chi connectivity index (χ1n) is 9.79. The molecule has 2 aromatic rings. The van der Waals surface area contributed by atoms with Crippen molar-refractivity contribution >= 4 is 41.7 Å². The number of benzene rings is 2. The Kier molecular flexibility index (Phi) is 11.8. The van der Waals surface area contributed by atoms with E-state index in [4.69, 9.17) is 0 Å². The van der Waals surface area contributed by atoms with E-state index in [1.54, 1.807) is 0 Å². The number of halogens is 1. The van der Waals surface area contributed by atoms with Crippen LogP contribution in [0.2, 0.25) is 0 Å². The van der Waals surface area contributed by atoms with Gasteiger partial charge in [-0.1, -0.05) is 42.5 Å². The van der Waals surface area contributed by atoms with Crippen molar-refractivity contribution in [2.75, 3.05) is 18.4 Å². The number of rotatable bonds is 8. The predicted octanol–water partition coefficient (Wildman–Crippen LogP) is 4.13. The molecule has 0 heterocycles. The summed E-state index contributed by atoms with van der Waals surface area (Å²) in [4.78, 5) is 16.4. The number of nitrogens with one attached hydrogen (secondary N) is 4. The Hall–Kier alpha value is -2.29. The van der Waals surface area contributed by atoms with Gasteiger partial charge in [-0.2, -0.15) is 0 Å². The van der Waals surface area contributed by atoms with Gasteiger partial charge in [0.15, 0.2) is 5.96 Å². The highest BCUT2D eigenvalue weighted by molar-refractivity contribution is 14.0. The van der Waals surface area contributed by atoms with Crippen LogP contribution in [0.15, 0.2) is 59.6 Å². The second-order valence-corrected chi connectivity index (χ2v) is 6.81. The second kappa shape index (κ2) is 13.8. The van der Waals surface area contributed by atoms with Gasteiger partial charge in [0.05, 0.1) is 6.54 Å². The van der Waals surface area contributed by atoms with Crippen molar-refractivity contribution < 1.29 is 4.79 Å². The molecule has 0 atom stereocenters. The smallest absolute Gasteiger partial charge is 0.319 e. The van der Waals surface area contributed by atoms with Gasteiger partial charge in [-0.05, 0) is 50.5 Å². The lowest BCUT2D eigenvalue weighted by molar-refractivity contribution is 0.250. The molecule has 0 radical (unpaired) electrons. The Bertz CT molecular complexity index is 748. The number of guanidine groups is 1. The lowest BCUT2D eigenvalue weighted by Gasteiger charge is -2.12. The van der Waals surface area contributed by atoms with Crippen LogP contribution in [0.3, 0.4) is 0 Å². The molecule has 0 fully saturated rings. The fourth-order valence-corrected chi connectivity index (χ4v) is 2.60. The Morgan fingerprint density at radius 1 is 0.966 bits per heavy atom. The van der Waals surface area contributed by atoms with Gasteiger partial charge in [-0.3, -0.25) is 0 Å². The molecule has 0 aliphatic heterocycles. The Balaban J connectivity index is 0.00000420. The Labute approximate surface area is 191 Å². The lowest BCUT2D eigenvalue weighted by atomic mass is 10.1. The molecule has 0 saturated heterocycles. The fourth-order valence-electron chi connectivity index (χ4n) is 2.60. The molecular formula is C22H32IN5O. The molecule has 4 N–H and O–H groups in total. The van der Waals surface area contributed by atoms with Crippen LogP contribution < -0.4 is 21.3 Å². The summed E-state index contributed by atoms with van der Waals surface area (Å²) in [6, 6.07) is 18.0. The minimum atomic E-state index is -0.196. The Morgan fingerprint density at radius 3 is 2.28 bits per heavy atom. The summed E-state index contributed by atoms with van der Waals surface area (Å²) < 4.78 is 0. The molecule has 0 spiro atoms. The predicted molar refractivity (Wildman–Crippen MR) is 132 cm³/mol. The zero-order valence-corrected chi connectivity index (χ0v) is 19.7. The first-order chi connectivity index (χ1) is 13.6. The molecule has 0 saturated carbocycles. The number of nitrogens with zero attached hydrogens (tertiary/aromatic N) is 1. The minimum Gasteiger partial charge on any atom is -0.357 e. The van der Waals surface area contributed by atoms with E-state index >= 15 is 0 Å². The van der Waals surface area contributed by atoms with Crippen molar-refractivity contribution in [3.63, 3.8) is 0 Å². The Morgan fingerprint density at radius 2 is 1.66 bits per heavy atom. The van der Waals surface area contributed by atoms with E-state index in [0.717, 1.165) is 36.7 Å². The van der Waals surface area contributed by atoms with E-state index in [1.165, 1.54) is 5.56 Å². The average molecular weight is 509 g/mol. The summed E-state index contributed by atoms with van der Waals surface area (Å²) in [5.74, 6) is 0.803. The van der Waals surface area contributed by atoms with Gasteiger partial charge in [-0.15, -0.1) is 24.0 Å². The van der Waals surface area contributed by atoms with E-state index in [2.05, 4.69) is 57.4 Å². The van der Waals surface area contributed by atoms with Crippen LogP contribution in [0.4, 0.5) is 10.5 Å². The first-order valence-corrected chi connectivity index (χ1v) is 9.79. The van der Waals surface area contributed by atoms with Crippen molar-refractivity contribution in [1.29, 1.82) is 0 Å². The van der Waals surface area contributed by atoms with Gasteiger partial charge < -0.3 is 21.3 Å². The van der Waals surface area contributed by atoms with Crippen LogP contribution >= 0.6 is 24.0 Å². The second-order valence-electron chi connectivity index (χ2n) is 6.81. The molecule has 2 amide bonds. The zero-order chi connectivity index (χ0) is 20.2. The highest BCUT2D eigenvalue weighted by atomic mass is 127. The summed E-state index contributed by atoms with van der Waals surface area (Å²) in [6.07, 6.45) is 0.948. The van der Waals surface area contributed by atoms with Crippen molar-refractivity contribution in [3.8, 4) is 0 Å². The minimum absolute atomic E-state index is 0. The molecule has 29 heavy (non-hydrogen) atoms. The quantitative estimate of drug-likeness (QED) is 0.246. The number of carbonyl (C=O) groups excluding carboxylic acids is 1. The van der Waals surface area contributed by atoms with Crippen LogP contribution in [0.5, 0.6) is 0 Å². The molecular weight excluding hydrogens is 477 g/mol. The lowest BCUT2D eigenvalue weighted by Crippen LogP contribution is -2.38. The largest absolute Gasteiger partial charge is 0.357 e. The maximum Gasteiger partial charge on any atom is 0.319 e. The maximum absolute atomic E-state index is 11.7. The van der Waals surface area contributed by atoms with E-state index in [1.807, 2.05) is 44.2 Å². The molecule has 7 heteroatoms. The maximum atomic E-state index is 11.7. The highest BCUT2D eigenvalue weighted by Crippen LogP contribution is 2.10. The van der Waals surface area contributed by atoms with Gasteiger partial charge in [-0.25, -0.2) is 9.79 Å². The molecule has 0 unspecified atom stereocenters. The third kappa shape index (κ3) is 10.2. The van der Waals surface area contributed by atoms with Gasteiger partial charge in [0, 0.05) is 24.8 Å². The van der Waals surface area contributed by atoms with Crippen LogP contribution in [-0.2, 0) is 13.0 Å². The number of urea groups is 1. The molecule has 2 rings (SSSR count). The van der Waals surface area contributed by atoms with Crippen molar-refractivity contribution in [2.24, 2.45) is 4.99 Å². The third-order valence-corrected chi connectivity index (χ3v) is 3.94. The number of hydrogen-bond acceptors (Lipinski definition) is 2. The van der Waals surface area contributed by atoms with E-state index in [-0.39, 0.29) is 36.0 Å². The number of amides is 2. The van der Waals surface area contributed by atoms with Crippen LogP contribution in [-0.4, -0.2) is 31.1 Å². The molecule has 0 bridgehead atoms. The summed E-state index contributed by atoms with van der Waals surface area (Å²) in [6.45, 7) is 8.11. The van der Waals surface area contributed by atoms with Crippen LogP contribution in [0.1, 0.15) is 31.9 Å². The van der Waals surface area contributed by atoms with Crippen molar-refractivity contribution in [2.45, 2.75) is 39.8 Å². The summed E-state index contributed by atoms with van der Waals surface area (Å²) in [5, 5.41) is 12.3. The number of anilines is 1. The van der Waals surface area contributed by atoms with Gasteiger partial charge >= 0.3 is 6.03 Å². The zero-order valence-electron chi connectivity index (χ0n) is 17.4. The van der Waals surface area contributed by atoms with E-state index < -0.39 is 0 Å². The molecule has 0 aliphatic rings. The SMILES string of the molecule is CCNC(=NCc1ccc(NC(=O)NC(C)C)cc1)NCCc1ccccc1.I. The van der Waals surface area contributed by atoms with Gasteiger partial charge in [0.25, 0.3) is 0 Å². The normalized spacial score (nSPS) is 10.8. The number of aliphatic imine (C=N–C) groups is 1. The van der Waals surface area contributed by atoms with E-state index in [0.29, 0.717) is 6.54 Å². The number of carbonyl (C=O) groups is 1. The average Bonchev–Trinajstić information content (AvgIpc) is 2.67. The van der Waals surface area contributed by atoms with Gasteiger partial charge in [0.1, 0.15) is 0 Å². The standard InChI is InChI=1S/C22H31N5O.HI/c1-4-23-21(24-15-14-18-8-6-5-7-9-18)25-16-19-10-12-20(13-11-19)27-22(28)26-17(2)3;/h5-13,17H,4,14-16H2,1-3H3,(H2,23,24,25)(H2,26,27,28);1H. The first kappa shape index (κ1) is 24.7.